The van der Waals surface area contributed by atoms with E-state index in [0.717, 1.165) is 51.9 Å². The average molecular weight is 588 g/mol. The highest BCUT2D eigenvalue weighted by atomic mass is 19.4. The first-order valence-corrected chi connectivity index (χ1v) is 13.2. The molecule has 2 aliphatic rings. The Labute approximate surface area is 240 Å². The van der Waals surface area contributed by atoms with Crippen LogP contribution in [-0.4, -0.2) is 31.0 Å². The number of alkyl halides is 6. The average Bonchev–Trinajstić information content (AvgIpc) is 3.17. The molecule has 0 aromatic heterocycles. The van der Waals surface area contributed by atoms with Crippen molar-refractivity contribution in [2.45, 2.75) is 17.8 Å². The zero-order valence-corrected chi connectivity index (χ0v) is 22.3. The van der Waals surface area contributed by atoms with E-state index in [2.05, 4.69) is 0 Å². The number of benzene rings is 5. The largest absolute Gasteiger partial charge is 0.411 e. The second-order valence-electron chi connectivity index (χ2n) is 10.8. The summed E-state index contributed by atoms with van der Waals surface area (Å²) in [5.41, 5.74) is -7.04. The fourth-order valence-electron chi connectivity index (χ4n) is 6.42. The lowest BCUT2D eigenvalue weighted by Crippen LogP contribution is -2.57. The van der Waals surface area contributed by atoms with Gasteiger partial charge >= 0.3 is 12.4 Å². The van der Waals surface area contributed by atoms with E-state index in [0.29, 0.717) is 0 Å². The summed E-state index contributed by atoms with van der Waals surface area (Å²) in [4.78, 5) is 28.1. The van der Waals surface area contributed by atoms with Crippen molar-refractivity contribution in [3.63, 3.8) is 0 Å². The summed E-state index contributed by atoms with van der Waals surface area (Å²) in [7, 11) is 1.39. The van der Waals surface area contributed by atoms with Gasteiger partial charge in [0.25, 0.3) is 0 Å². The van der Waals surface area contributed by atoms with Crippen LogP contribution >= 0.6 is 0 Å². The molecule has 0 bridgehead atoms. The number of rotatable bonds is 1. The highest BCUT2D eigenvalue weighted by Gasteiger charge is 2.75. The number of halogens is 6. The monoisotopic (exact) mass is 587 g/mol. The second kappa shape index (κ2) is 8.80. The number of carbonyl (C=O) groups is 2. The predicted molar refractivity (Wildman–Crippen MR) is 152 cm³/mol. The summed E-state index contributed by atoms with van der Waals surface area (Å²) in [6, 6.07) is 22.3. The van der Waals surface area contributed by atoms with Gasteiger partial charge in [-0.3, -0.25) is 9.59 Å². The molecule has 0 saturated heterocycles. The van der Waals surface area contributed by atoms with Gasteiger partial charge in [-0.1, -0.05) is 48.5 Å². The van der Waals surface area contributed by atoms with E-state index in [4.69, 9.17) is 0 Å². The molecular weight excluding hydrogens is 568 g/mol. The number of hydrogen-bond acceptors (Lipinski definition) is 3. The highest BCUT2D eigenvalue weighted by Crippen LogP contribution is 2.62. The molecule has 5 aromatic carbocycles. The van der Waals surface area contributed by atoms with Gasteiger partial charge in [0.1, 0.15) is 0 Å². The van der Waals surface area contributed by atoms with Gasteiger partial charge in [0.15, 0.2) is 11.6 Å². The van der Waals surface area contributed by atoms with Crippen LogP contribution in [0.15, 0.2) is 96.6 Å². The van der Waals surface area contributed by atoms with E-state index in [-0.39, 0.29) is 33.6 Å². The summed E-state index contributed by atoms with van der Waals surface area (Å²) < 4.78 is 88.8. The highest BCUT2D eigenvalue weighted by molar-refractivity contribution is 6.42. The number of allylic oxidation sites excluding steroid dienone is 1. The third kappa shape index (κ3) is 3.63. The number of para-hydroxylation sites is 1. The van der Waals surface area contributed by atoms with E-state index >= 15 is 0 Å². The Morgan fingerprint density at radius 1 is 0.605 bits per heavy atom. The molecule has 214 valence electrons. The lowest BCUT2D eigenvalue weighted by molar-refractivity contribution is -0.288. The van der Waals surface area contributed by atoms with Crippen molar-refractivity contribution in [1.82, 2.24) is 0 Å². The van der Waals surface area contributed by atoms with Crippen molar-refractivity contribution in [3.05, 3.63) is 124 Å². The summed E-state index contributed by atoms with van der Waals surface area (Å²) in [5.74, 6) is -1.29. The maximum atomic E-state index is 14.8. The van der Waals surface area contributed by atoms with Crippen LogP contribution in [-0.2, 0) is 5.41 Å². The molecule has 0 amide bonds. The quantitative estimate of drug-likeness (QED) is 0.0851. The Balaban J connectivity index is 1.40. The van der Waals surface area contributed by atoms with Crippen LogP contribution in [0.2, 0.25) is 0 Å². The molecule has 9 heteroatoms. The van der Waals surface area contributed by atoms with Crippen LogP contribution in [0.25, 0.3) is 27.6 Å². The molecule has 0 saturated carbocycles. The summed E-state index contributed by atoms with van der Waals surface area (Å²) >= 11 is 0. The minimum absolute atomic E-state index is 0.130. The van der Waals surface area contributed by atoms with Gasteiger partial charge in [-0.05, 0) is 75.6 Å². The molecule has 1 aliphatic carbocycles. The van der Waals surface area contributed by atoms with Crippen LogP contribution in [0.4, 0.5) is 37.7 Å². The van der Waals surface area contributed by atoms with Crippen molar-refractivity contribution >= 4 is 50.6 Å². The Hall–Kier alpha value is -4.92. The zero-order valence-electron chi connectivity index (χ0n) is 22.3. The lowest BCUT2D eigenvalue weighted by Gasteiger charge is -2.45. The maximum Gasteiger partial charge on any atom is 0.411 e. The zero-order chi connectivity index (χ0) is 30.5. The summed E-state index contributed by atoms with van der Waals surface area (Å²) in [6.07, 6.45) is -10.5. The van der Waals surface area contributed by atoms with Crippen LogP contribution in [0.3, 0.4) is 0 Å². The number of fused-ring (bicyclic) bond motifs is 5. The smallest absolute Gasteiger partial charge is 0.344 e. The van der Waals surface area contributed by atoms with Gasteiger partial charge in [-0.25, -0.2) is 0 Å². The molecule has 1 heterocycles. The van der Waals surface area contributed by atoms with Gasteiger partial charge < -0.3 is 4.90 Å². The first-order chi connectivity index (χ1) is 20.3. The standard InChI is InChI=1S/C34H19F6NO2/c1-41-28-9-5-4-8-26(28)32(33(35,36)37,34(38,39)40)27-13-18(10-11-29(27)41)12-25-30(42)23-16-21-14-19-6-2-3-7-20(19)15-22(21)17-24(23)31(25)43/h2-17H,1H3. The molecular formula is C34H19F6NO2. The number of anilines is 2. The molecule has 43 heavy (non-hydrogen) atoms. The molecule has 7 rings (SSSR count). The molecule has 0 unspecified atom stereocenters. The summed E-state index contributed by atoms with van der Waals surface area (Å²) in [6.45, 7) is 0. The predicted octanol–water partition coefficient (Wildman–Crippen LogP) is 8.95. The van der Waals surface area contributed by atoms with Crippen molar-refractivity contribution < 1.29 is 35.9 Å². The molecule has 1 aliphatic heterocycles. The molecule has 5 aromatic rings. The van der Waals surface area contributed by atoms with Gasteiger partial charge in [0.05, 0.1) is 5.57 Å². The van der Waals surface area contributed by atoms with Crippen LogP contribution in [0.5, 0.6) is 0 Å². The van der Waals surface area contributed by atoms with Crippen LogP contribution in [0.1, 0.15) is 37.4 Å². The fourth-order valence-corrected chi connectivity index (χ4v) is 6.42. The Bertz CT molecular complexity index is 1980. The van der Waals surface area contributed by atoms with Crippen LogP contribution in [0, 0.1) is 0 Å². The third-order valence-electron chi connectivity index (χ3n) is 8.44. The first-order valence-electron chi connectivity index (χ1n) is 13.2. The van der Waals surface area contributed by atoms with Gasteiger partial charge in [0, 0.05) is 40.7 Å². The molecule has 0 N–H and O–H groups in total. The number of nitrogens with zero attached hydrogens (tertiary/aromatic N) is 1. The number of ketones is 2. The normalized spacial score (nSPS) is 16.0. The number of carbonyl (C=O) groups excluding carboxylic acids is 2. The minimum atomic E-state index is -5.76. The molecule has 3 nitrogen and oxygen atoms in total. The van der Waals surface area contributed by atoms with Crippen molar-refractivity contribution in [2.24, 2.45) is 0 Å². The molecule has 0 atom stereocenters. The van der Waals surface area contributed by atoms with Crippen LogP contribution < -0.4 is 4.90 Å². The topological polar surface area (TPSA) is 37.4 Å². The number of Topliss-reactive ketones (excluding diaryl/α,β-unsaturated/α-hetero) is 2. The first kappa shape index (κ1) is 26.9. The molecule has 0 fully saturated rings. The minimum Gasteiger partial charge on any atom is -0.344 e. The lowest BCUT2D eigenvalue weighted by atomic mass is 9.69. The Morgan fingerprint density at radius 2 is 1.12 bits per heavy atom. The Morgan fingerprint density at radius 3 is 1.67 bits per heavy atom. The third-order valence-corrected chi connectivity index (χ3v) is 8.44. The van der Waals surface area contributed by atoms with Crippen molar-refractivity contribution in [3.8, 4) is 0 Å². The number of hydrogen-bond donors (Lipinski definition) is 0. The van der Waals surface area contributed by atoms with Gasteiger partial charge in [0.2, 0.25) is 5.41 Å². The fraction of sp³-hybridized carbons (Fsp3) is 0.118. The maximum absolute atomic E-state index is 14.8. The molecule has 0 radical (unpaired) electrons. The SMILES string of the molecule is CN1c2ccccc2C(C(F)(F)F)(C(F)(F)F)c2cc(C=C3C(=O)c4cc5cc6ccccc6cc5cc4C3=O)ccc21. The van der Waals surface area contributed by atoms with Gasteiger partial charge in [-0.2, -0.15) is 26.3 Å². The van der Waals surface area contributed by atoms with E-state index in [9.17, 15) is 35.9 Å². The Kier molecular flexibility index (Phi) is 5.51. The van der Waals surface area contributed by atoms with Crippen molar-refractivity contribution in [1.29, 1.82) is 0 Å². The second-order valence-corrected chi connectivity index (χ2v) is 10.8. The van der Waals surface area contributed by atoms with E-state index < -0.39 is 40.5 Å². The van der Waals surface area contributed by atoms with E-state index in [1.54, 1.807) is 12.1 Å². The van der Waals surface area contributed by atoms with Gasteiger partial charge in [-0.15, -0.1) is 0 Å². The van der Waals surface area contributed by atoms with E-state index in [1.165, 1.54) is 30.1 Å². The molecule has 0 spiro atoms. The van der Waals surface area contributed by atoms with Crippen molar-refractivity contribution in [2.75, 3.05) is 11.9 Å². The van der Waals surface area contributed by atoms with E-state index in [1.807, 2.05) is 36.4 Å². The summed E-state index contributed by atoms with van der Waals surface area (Å²) in [5, 5.41) is 3.30.